The van der Waals surface area contributed by atoms with Crippen LogP contribution in [0.25, 0.3) is 0 Å². The monoisotopic (exact) mass is 546 g/mol. The number of hydrogen-bond donors (Lipinski definition) is 2. The van der Waals surface area contributed by atoms with E-state index >= 15 is 0 Å². The normalized spacial score (nSPS) is 22.1. The van der Waals surface area contributed by atoms with Gasteiger partial charge in [0.25, 0.3) is 0 Å². The molecule has 2 aromatic rings. The fourth-order valence-electron chi connectivity index (χ4n) is 4.57. The van der Waals surface area contributed by atoms with Gasteiger partial charge in [-0.1, -0.05) is 41.4 Å². The average molecular weight is 547 g/mol. The summed E-state index contributed by atoms with van der Waals surface area (Å²) in [6.07, 6.45) is 0.652. The molecule has 2 heterocycles. The molecule has 2 aromatic carbocycles. The van der Waals surface area contributed by atoms with Crippen LogP contribution < -0.4 is 10.6 Å². The quantitative estimate of drug-likeness (QED) is 0.471. The Morgan fingerprint density at radius 3 is 2.57 bits per heavy atom. The van der Waals surface area contributed by atoms with Crippen LogP contribution in [0.5, 0.6) is 0 Å². The Kier molecular flexibility index (Phi) is 8.02. The van der Waals surface area contributed by atoms with E-state index in [-0.39, 0.29) is 24.3 Å². The molecule has 2 aliphatic heterocycles. The van der Waals surface area contributed by atoms with Crippen molar-refractivity contribution >= 4 is 52.5 Å². The number of rotatable bonds is 4. The molecule has 2 saturated heterocycles. The van der Waals surface area contributed by atoms with E-state index in [0.29, 0.717) is 47.4 Å². The van der Waals surface area contributed by atoms with Crippen molar-refractivity contribution in [1.29, 1.82) is 0 Å². The Morgan fingerprint density at radius 2 is 1.89 bits per heavy atom. The van der Waals surface area contributed by atoms with Gasteiger partial charge < -0.3 is 20.1 Å². The molecular weight excluding hydrogens is 515 g/mol. The summed E-state index contributed by atoms with van der Waals surface area (Å²) in [7, 11) is 0. The second-order valence-electron chi connectivity index (χ2n) is 10.5. The number of guanidine groups is 1. The van der Waals surface area contributed by atoms with Crippen LogP contribution in [-0.2, 0) is 19.8 Å². The van der Waals surface area contributed by atoms with Gasteiger partial charge in [-0.3, -0.25) is 9.69 Å². The lowest BCUT2D eigenvalue weighted by atomic mass is 9.85. The first-order valence-electron chi connectivity index (χ1n) is 12.3. The molecule has 37 heavy (non-hydrogen) atoms. The van der Waals surface area contributed by atoms with Gasteiger partial charge in [0.05, 0.1) is 22.7 Å². The molecular formula is C27H32Cl2N4O4. The highest BCUT2D eigenvalue weighted by Crippen LogP contribution is 2.39. The van der Waals surface area contributed by atoms with Gasteiger partial charge >= 0.3 is 6.09 Å². The summed E-state index contributed by atoms with van der Waals surface area (Å²) < 4.78 is 10.9. The Bertz CT molecular complexity index is 1210. The molecule has 0 unspecified atom stereocenters. The number of hydrogen-bond acceptors (Lipinski definition) is 5. The summed E-state index contributed by atoms with van der Waals surface area (Å²) in [4.78, 5) is 32.1. The van der Waals surface area contributed by atoms with E-state index in [4.69, 9.17) is 32.7 Å². The number of halogens is 2. The lowest BCUT2D eigenvalue weighted by molar-refractivity contribution is -0.133. The van der Waals surface area contributed by atoms with E-state index in [1.54, 1.807) is 37.8 Å². The molecule has 10 heteroatoms. The van der Waals surface area contributed by atoms with E-state index < -0.39 is 17.2 Å². The molecule has 1 atom stereocenters. The number of benzene rings is 2. The zero-order valence-electron chi connectivity index (χ0n) is 21.4. The lowest BCUT2D eigenvalue weighted by Gasteiger charge is -2.45. The van der Waals surface area contributed by atoms with E-state index in [0.717, 1.165) is 5.69 Å². The number of ether oxygens (including phenoxy) is 2. The molecule has 2 amide bonds. The Labute approximate surface area is 227 Å². The van der Waals surface area contributed by atoms with Gasteiger partial charge in [0.2, 0.25) is 11.9 Å². The summed E-state index contributed by atoms with van der Waals surface area (Å²) in [6.45, 7) is 8.25. The van der Waals surface area contributed by atoms with Gasteiger partial charge in [-0.2, -0.15) is 0 Å². The minimum Gasteiger partial charge on any atom is -0.442 e. The zero-order valence-corrected chi connectivity index (χ0v) is 22.9. The maximum absolute atomic E-state index is 13.6. The molecule has 0 aromatic heterocycles. The predicted octanol–water partition coefficient (Wildman–Crippen LogP) is 6.24. The Balaban J connectivity index is 1.69. The van der Waals surface area contributed by atoms with Crippen molar-refractivity contribution in [2.24, 2.45) is 4.99 Å². The fourth-order valence-corrected chi connectivity index (χ4v) is 5.14. The molecule has 2 fully saturated rings. The van der Waals surface area contributed by atoms with Gasteiger partial charge in [-0.15, -0.1) is 4.99 Å². The van der Waals surface area contributed by atoms with Crippen LogP contribution in [-0.4, -0.2) is 47.7 Å². The van der Waals surface area contributed by atoms with Gasteiger partial charge in [0, 0.05) is 30.0 Å². The fraction of sp³-hybridized carbons (Fsp3) is 0.444. The third-order valence-corrected chi connectivity index (χ3v) is 6.88. The van der Waals surface area contributed by atoms with Gasteiger partial charge in [-0.05, 0) is 70.4 Å². The largest absolute Gasteiger partial charge is 0.442 e. The second-order valence-corrected chi connectivity index (χ2v) is 11.3. The van der Waals surface area contributed by atoms with Crippen molar-refractivity contribution in [2.45, 2.75) is 64.1 Å². The first kappa shape index (κ1) is 27.2. The molecule has 198 valence electrons. The molecule has 8 nitrogen and oxygen atoms in total. The highest BCUT2D eigenvalue weighted by molar-refractivity contribution is 6.34. The molecule has 0 radical (unpaired) electrons. The van der Waals surface area contributed by atoms with Crippen LogP contribution in [0, 0.1) is 0 Å². The molecule has 0 saturated carbocycles. The number of carbonyl (C=O) groups excluding carboxylic acids is 2. The van der Waals surface area contributed by atoms with Crippen LogP contribution in [0.15, 0.2) is 47.5 Å². The van der Waals surface area contributed by atoms with Crippen molar-refractivity contribution in [3.63, 3.8) is 0 Å². The SMILES string of the molecule is CC(C)(C)OC(=O)N=C1N[C@](C)(c2cccc(Nc3cccc(Cl)c3)c2Cl)CC(=O)N1C1CCOCC1. The Hall–Kier alpha value is -2.81. The minimum atomic E-state index is -0.928. The van der Waals surface area contributed by atoms with Crippen molar-refractivity contribution < 1.29 is 19.1 Å². The van der Waals surface area contributed by atoms with Crippen LogP contribution in [0.3, 0.4) is 0 Å². The van der Waals surface area contributed by atoms with Crippen LogP contribution in [0.1, 0.15) is 52.5 Å². The van der Waals surface area contributed by atoms with Crippen LogP contribution in [0.2, 0.25) is 10.0 Å². The van der Waals surface area contributed by atoms with Crippen LogP contribution in [0.4, 0.5) is 16.2 Å². The van der Waals surface area contributed by atoms with E-state index in [1.807, 2.05) is 37.3 Å². The average Bonchev–Trinajstić information content (AvgIpc) is 2.79. The molecule has 4 rings (SSSR count). The lowest BCUT2D eigenvalue weighted by Crippen LogP contribution is -2.63. The first-order chi connectivity index (χ1) is 17.4. The summed E-state index contributed by atoms with van der Waals surface area (Å²) in [6, 6.07) is 12.8. The highest BCUT2D eigenvalue weighted by Gasteiger charge is 2.44. The maximum Gasteiger partial charge on any atom is 0.437 e. The second kappa shape index (κ2) is 10.9. The molecule has 0 aliphatic carbocycles. The van der Waals surface area contributed by atoms with E-state index in [2.05, 4.69) is 15.6 Å². The third kappa shape index (κ3) is 6.55. The van der Waals surface area contributed by atoms with Gasteiger partial charge in [-0.25, -0.2) is 4.79 Å². The zero-order chi connectivity index (χ0) is 26.8. The van der Waals surface area contributed by atoms with Crippen molar-refractivity contribution in [1.82, 2.24) is 10.2 Å². The summed E-state index contributed by atoms with van der Waals surface area (Å²) in [5.41, 5.74) is 0.480. The third-order valence-electron chi connectivity index (χ3n) is 6.23. The van der Waals surface area contributed by atoms with Crippen molar-refractivity contribution in [2.75, 3.05) is 18.5 Å². The highest BCUT2D eigenvalue weighted by atomic mass is 35.5. The van der Waals surface area contributed by atoms with Crippen molar-refractivity contribution in [3.05, 3.63) is 58.1 Å². The molecule has 0 bridgehead atoms. The molecule has 0 spiro atoms. The van der Waals surface area contributed by atoms with Gasteiger partial charge in [0.1, 0.15) is 5.60 Å². The Morgan fingerprint density at radius 1 is 1.19 bits per heavy atom. The number of carbonyl (C=O) groups is 2. The molecule has 2 N–H and O–H groups in total. The van der Waals surface area contributed by atoms with E-state index in [1.165, 1.54) is 0 Å². The summed E-state index contributed by atoms with van der Waals surface area (Å²) in [5.74, 6) is 0.00361. The number of nitrogens with one attached hydrogen (secondary N) is 2. The number of nitrogens with zero attached hydrogens (tertiary/aromatic N) is 2. The maximum atomic E-state index is 13.6. The standard InChI is InChI=1S/C27H32Cl2N4O4/c1-26(2,3)37-25(35)31-24-32-27(4,16-22(34)33(24)19-11-13-36-14-12-19)20-9-6-10-21(23(20)29)30-18-8-5-7-17(28)15-18/h5-10,15,19,30H,11-14,16H2,1-4H3,(H,31,32,35)/t27-/m0/s1. The van der Waals surface area contributed by atoms with Crippen LogP contribution >= 0.6 is 23.2 Å². The summed E-state index contributed by atoms with van der Waals surface area (Å²) in [5, 5.41) is 7.70. The smallest absolute Gasteiger partial charge is 0.437 e. The van der Waals surface area contributed by atoms with Gasteiger partial charge in [0.15, 0.2) is 0 Å². The topological polar surface area (TPSA) is 92.3 Å². The van der Waals surface area contributed by atoms with Crippen molar-refractivity contribution in [3.8, 4) is 0 Å². The number of aliphatic imine (C=N–C) groups is 1. The predicted molar refractivity (Wildman–Crippen MR) is 146 cm³/mol. The first-order valence-corrected chi connectivity index (χ1v) is 13.0. The number of anilines is 2. The van der Waals surface area contributed by atoms with E-state index in [9.17, 15) is 9.59 Å². The number of amides is 2. The summed E-state index contributed by atoms with van der Waals surface area (Å²) >= 11 is 13.0. The molecule has 2 aliphatic rings. The minimum absolute atomic E-state index is 0.123.